The van der Waals surface area contributed by atoms with Gasteiger partial charge in [0.1, 0.15) is 11.3 Å². The molecule has 1 amide bonds. The molecule has 0 radical (unpaired) electrons. The maximum atomic E-state index is 12.3. The number of rotatable bonds is 5. The van der Waals surface area contributed by atoms with Gasteiger partial charge in [-0.15, -0.1) is 0 Å². The largest absolute Gasteiger partial charge is 0.496 e. The number of esters is 1. The summed E-state index contributed by atoms with van der Waals surface area (Å²) in [6, 6.07) is 5.91. The van der Waals surface area contributed by atoms with Gasteiger partial charge < -0.3 is 20.5 Å². The number of benzene rings is 1. The Morgan fingerprint density at radius 2 is 2.04 bits per heavy atom. The average Bonchev–Trinajstić information content (AvgIpc) is 2.58. The van der Waals surface area contributed by atoms with E-state index in [-0.39, 0.29) is 27.2 Å². The topological polar surface area (TPSA) is 104 Å². The lowest BCUT2D eigenvalue weighted by Crippen LogP contribution is -2.30. The lowest BCUT2D eigenvalue weighted by Gasteiger charge is -2.15. The van der Waals surface area contributed by atoms with Crippen LogP contribution in [0.15, 0.2) is 30.5 Å². The van der Waals surface area contributed by atoms with Crippen LogP contribution in [0.3, 0.4) is 0 Å². The first-order chi connectivity index (χ1) is 11.8. The van der Waals surface area contributed by atoms with Gasteiger partial charge in [-0.3, -0.25) is 4.79 Å². The van der Waals surface area contributed by atoms with Crippen LogP contribution < -0.4 is 15.8 Å². The van der Waals surface area contributed by atoms with E-state index in [1.807, 2.05) is 0 Å². The number of nitrogens with two attached hydrogens (primary N) is 1. The molecule has 132 valence electrons. The molecule has 1 aromatic carbocycles. The fourth-order valence-electron chi connectivity index (χ4n) is 1.89. The van der Waals surface area contributed by atoms with Gasteiger partial charge in [-0.25, -0.2) is 9.78 Å². The second-order valence-electron chi connectivity index (χ2n) is 4.95. The smallest absolute Gasteiger partial charge is 0.342 e. The number of halogens is 2. The van der Waals surface area contributed by atoms with E-state index >= 15 is 0 Å². The minimum atomic E-state index is -1.09. The van der Waals surface area contributed by atoms with Crippen molar-refractivity contribution in [2.45, 2.75) is 13.0 Å². The lowest BCUT2D eigenvalue weighted by molar-refractivity contribution is -0.123. The molecule has 2 aromatic rings. The third kappa shape index (κ3) is 4.52. The number of ether oxygens (including phenoxy) is 2. The SMILES string of the molecule is COc1cc(N)c(Cl)cc1C(=O)OC(C)C(=O)Nc1cccnc1Cl. The molecule has 1 aromatic heterocycles. The van der Waals surface area contributed by atoms with E-state index in [0.29, 0.717) is 5.69 Å². The summed E-state index contributed by atoms with van der Waals surface area (Å²) in [5, 5.41) is 2.83. The minimum absolute atomic E-state index is 0.0563. The number of nitrogens with zero attached hydrogens (tertiary/aromatic N) is 1. The summed E-state index contributed by atoms with van der Waals surface area (Å²) in [4.78, 5) is 28.3. The summed E-state index contributed by atoms with van der Waals surface area (Å²) in [6.07, 6.45) is 0.392. The van der Waals surface area contributed by atoms with Crippen molar-refractivity contribution in [2.24, 2.45) is 0 Å². The molecule has 0 saturated carbocycles. The lowest BCUT2D eigenvalue weighted by atomic mass is 10.2. The molecule has 0 bridgehead atoms. The van der Waals surface area contributed by atoms with Crippen LogP contribution in [-0.4, -0.2) is 30.1 Å². The Morgan fingerprint density at radius 1 is 1.32 bits per heavy atom. The average molecular weight is 384 g/mol. The Kier molecular flexibility index (Phi) is 6.06. The maximum absolute atomic E-state index is 12.3. The minimum Gasteiger partial charge on any atom is -0.496 e. The summed E-state index contributed by atoms with van der Waals surface area (Å²) in [5.74, 6) is -1.16. The van der Waals surface area contributed by atoms with Crippen LogP contribution in [0, 0.1) is 0 Å². The zero-order valence-electron chi connectivity index (χ0n) is 13.4. The Hall–Kier alpha value is -2.51. The van der Waals surface area contributed by atoms with E-state index < -0.39 is 18.0 Å². The summed E-state index contributed by atoms with van der Waals surface area (Å²) >= 11 is 11.8. The van der Waals surface area contributed by atoms with Crippen LogP contribution in [0.25, 0.3) is 0 Å². The van der Waals surface area contributed by atoms with E-state index in [1.165, 1.54) is 32.4 Å². The molecule has 0 aliphatic carbocycles. The van der Waals surface area contributed by atoms with Gasteiger partial charge in [0.25, 0.3) is 5.91 Å². The fraction of sp³-hybridized carbons (Fsp3) is 0.188. The number of hydrogen-bond acceptors (Lipinski definition) is 6. The highest BCUT2D eigenvalue weighted by atomic mass is 35.5. The monoisotopic (exact) mass is 383 g/mol. The fourth-order valence-corrected chi connectivity index (χ4v) is 2.22. The molecule has 0 aliphatic rings. The molecule has 1 atom stereocenters. The number of carbonyl (C=O) groups is 2. The quantitative estimate of drug-likeness (QED) is 0.466. The maximum Gasteiger partial charge on any atom is 0.342 e. The number of methoxy groups -OCH3 is 1. The van der Waals surface area contributed by atoms with Gasteiger partial charge in [0.15, 0.2) is 11.3 Å². The molecule has 1 heterocycles. The first-order valence-corrected chi connectivity index (χ1v) is 7.84. The second-order valence-corrected chi connectivity index (χ2v) is 5.72. The van der Waals surface area contributed by atoms with Crippen LogP contribution in [0.2, 0.25) is 10.2 Å². The van der Waals surface area contributed by atoms with Gasteiger partial charge in [0.2, 0.25) is 0 Å². The number of hydrogen-bond donors (Lipinski definition) is 2. The highest BCUT2D eigenvalue weighted by Crippen LogP contribution is 2.29. The zero-order chi connectivity index (χ0) is 18.6. The Balaban J connectivity index is 2.11. The second kappa shape index (κ2) is 8.04. The van der Waals surface area contributed by atoms with Gasteiger partial charge in [-0.05, 0) is 25.1 Å². The Labute approximate surface area is 154 Å². The van der Waals surface area contributed by atoms with Crippen LogP contribution >= 0.6 is 23.2 Å². The number of carbonyl (C=O) groups excluding carboxylic acids is 2. The van der Waals surface area contributed by atoms with E-state index in [0.717, 1.165) is 0 Å². The van der Waals surface area contributed by atoms with E-state index in [2.05, 4.69) is 10.3 Å². The van der Waals surface area contributed by atoms with Crippen molar-refractivity contribution >= 4 is 46.5 Å². The van der Waals surface area contributed by atoms with Crippen molar-refractivity contribution in [3.8, 4) is 5.75 Å². The van der Waals surface area contributed by atoms with E-state index in [4.69, 9.17) is 38.4 Å². The molecule has 1 unspecified atom stereocenters. The normalized spacial score (nSPS) is 11.5. The standard InChI is InChI=1S/C16H15Cl2N3O4/c1-8(15(22)21-12-4-3-5-20-14(12)18)25-16(23)9-6-10(17)11(19)7-13(9)24-2/h3-8H,19H2,1-2H3,(H,21,22). The predicted molar refractivity (Wildman–Crippen MR) is 95.2 cm³/mol. The van der Waals surface area contributed by atoms with Crippen LogP contribution in [-0.2, 0) is 9.53 Å². The van der Waals surface area contributed by atoms with Gasteiger partial charge in [-0.2, -0.15) is 0 Å². The van der Waals surface area contributed by atoms with E-state index in [1.54, 1.807) is 12.1 Å². The number of aromatic nitrogens is 1. The third-order valence-corrected chi connectivity index (χ3v) is 3.84. The molecule has 2 rings (SSSR count). The molecular formula is C16H15Cl2N3O4. The van der Waals surface area contributed by atoms with Crippen LogP contribution in [0.1, 0.15) is 17.3 Å². The Bertz CT molecular complexity index is 814. The molecule has 0 saturated heterocycles. The van der Waals surface area contributed by atoms with Gasteiger partial charge in [0, 0.05) is 12.3 Å². The molecule has 0 spiro atoms. The number of nitrogen functional groups attached to an aromatic ring is 1. The van der Waals surface area contributed by atoms with E-state index in [9.17, 15) is 9.59 Å². The number of amides is 1. The zero-order valence-corrected chi connectivity index (χ0v) is 14.9. The number of anilines is 2. The molecule has 3 N–H and O–H groups in total. The number of nitrogens with one attached hydrogen (secondary N) is 1. The van der Waals surface area contributed by atoms with Crippen molar-refractivity contribution < 1.29 is 19.1 Å². The highest BCUT2D eigenvalue weighted by molar-refractivity contribution is 6.33. The van der Waals surface area contributed by atoms with Crippen LogP contribution in [0.4, 0.5) is 11.4 Å². The number of pyridine rings is 1. The van der Waals surface area contributed by atoms with Crippen molar-refractivity contribution in [2.75, 3.05) is 18.2 Å². The van der Waals surface area contributed by atoms with Crippen molar-refractivity contribution in [1.29, 1.82) is 0 Å². The third-order valence-electron chi connectivity index (χ3n) is 3.21. The molecular weight excluding hydrogens is 369 g/mol. The van der Waals surface area contributed by atoms with Crippen molar-refractivity contribution in [3.63, 3.8) is 0 Å². The first kappa shape index (κ1) is 18.8. The summed E-state index contributed by atoms with van der Waals surface area (Å²) in [6.45, 7) is 1.42. The summed E-state index contributed by atoms with van der Waals surface area (Å²) in [5.41, 5.74) is 6.29. The van der Waals surface area contributed by atoms with Gasteiger partial charge in [-0.1, -0.05) is 23.2 Å². The molecule has 25 heavy (non-hydrogen) atoms. The van der Waals surface area contributed by atoms with Crippen molar-refractivity contribution in [3.05, 3.63) is 46.2 Å². The summed E-state index contributed by atoms with van der Waals surface area (Å²) < 4.78 is 10.2. The molecule has 7 nitrogen and oxygen atoms in total. The van der Waals surface area contributed by atoms with Crippen molar-refractivity contribution in [1.82, 2.24) is 4.98 Å². The van der Waals surface area contributed by atoms with Crippen LogP contribution in [0.5, 0.6) is 5.75 Å². The summed E-state index contributed by atoms with van der Waals surface area (Å²) in [7, 11) is 1.37. The molecule has 9 heteroatoms. The molecule has 0 fully saturated rings. The molecule has 0 aliphatic heterocycles. The predicted octanol–water partition coefficient (Wildman–Crippen LogP) is 3.16. The first-order valence-electron chi connectivity index (χ1n) is 7.08. The Morgan fingerprint density at radius 3 is 2.68 bits per heavy atom. The van der Waals surface area contributed by atoms with Gasteiger partial charge in [0.05, 0.1) is 23.5 Å². The highest BCUT2D eigenvalue weighted by Gasteiger charge is 2.23. The van der Waals surface area contributed by atoms with Gasteiger partial charge >= 0.3 is 5.97 Å².